The summed E-state index contributed by atoms with van der Waals surface area (Å²) >= 11 is 7.06. The lowest BCUT2D eigenvalue weighted by Gasteiger charge is -2.07. The molecule has 2 N–H and O–H groups in total. The molecule has 3 rings (SSSR count). The first-order chi connectivity index (χ1) is 12.0. The first-order valence-electron chi connectivity index (χ1n) is 7.54. The second-order valence-electron chi connectivity index (χ2n) is 5.41. The number of carbonyl (C=O) groups is 1. The Labute approximate surface area is 154 Å². The minimum atomic E-state index is -0.218. The molecule has 25 heavy (non-hydrogen) atoms. The van der Waals surface area contributed by atoms with Gasteiger partial charge in [-0.15, -0.1) is 22.9 Å². The van der Waals surface area contributed by atoms with E-state index in [2.05, 4.69) is 25.6 Å². The van der Waals surface area contributed by atoms with Crippen molar-refractivity contribution < 1.29 is 4.79 Å². The topological polar surface area (TPSA) is 79.8 Å². The van der Waals surface area contributed by atoms with E-state index in [0.29, 0.717) is 22.5 Å². The van der Waals surface area contributed by atoms with Crippen molar-refractivity contribution in [3.05, 3.63) is 58.4 Å². The van der Waals surface area contributed by atoms with Crippen LogP contribution in [0.5, 0.6) is 0 Å². The maximum absolute atomic E-state index is 12.2. The van der Waals surface area contributed by atoms with Crippen molar-refractivity contribution in [1.29, 1.82) is 0 Å². The summed E-state index contributed by atoms with van der Waals surface area (Å²) in [5, 5.41) is 8.25. The van der Waals surface area contributed by atoms with Crippen LogP contribution in [0.25, 0.3) is 0 Å². The van der Waals surface area contributed by atoms with E-state index in [4.69, 9.17) is 11.6 Å². The zero-order valence-electron chi connectivity index (χ0n) is 13.7. The van der Waals surface area contributed by atoms with Crippen molar-refractivity contribution in [1.82, 2.24) is 15.0 Å². The Hall–Kier alpha value is -2.51. The van der Waals surface area contributed by atoms with Gasteiger partial charge in [0, 0.05) is 28.0 Å². The van der Waals surface area contributed by atoms with E-state index in [0.717, 1.165) is 22.8 Å². The molecule has 0 radical (unpaired) electrons. The molecule has 2 heterocycles. The van der Waals surface area contributed by atoms with Crippen LogP contribution in [0.2, 0.25) is 0 Å². The second-order valence-corrected chi connectivity index (χ2v) is 6.53. The molecule has 0 atom stereocenters. The zero-order chi connectivity index (χ0) is 17.8. The fraction of sp³-hybridized carbons (Fsp3) is 0.176. The number of rotatable bonds is 5. The van der Waals surface area contributed by atoms with Gasteiger partial charge in [0.05, 0.1) is 11.6 Å². The molecule has 2 aromatic heterocycles. The van der Waals surface area contributed by atoms with Gasteiger partial charge in [-0.05, 0) is 44.2 Å². The molecule has 1 amide bonds. The molecule has 0 aliphatic heterocycles. The molecule has 0 bridgehead atoms. The molecule has 3 aromatic rings. The molecule has 0 fully saturated rings. The van der Waals surface area contributed by atoms with Gasteiger partial charge in [-0.3, -0.25) is 10.1 Å². The number of alkyl halides is 1. The van der Waals surface area contributed by atoms with E-state index in [9.17, 15) is 4.79 Å². The SMILES string of the molecule is Cc1cc(C)nc(Nc2ccc(C(=O)Nc3nc(CCl)cs3)cc2)n1. The fourth-order valence-corrected chi connectivity index (χ4v) is 3.14. The van der Waals surface area contributed by atoms with Gasteiger partial charge >= 0.3 is 0 Å². The summed E-state index contributed by atoms with van der Waals surface area (Å²) in [6, 6.07) is 8.99. The molecule has 0 spiro atoms. The van der Waals surface area contributed by atoms with E-state index in [-0.39, 0.29) is 5.91 Å². The third-order valence-corrected chi connectivity index (χ3v) is 4.37. The van der Waals surface area contributed by atoms with Gasteiger partial charge in [-0.1, -0.05) is 0 Å². The van der Waals surface area contributed by atoms with E-state index in [1.807, 2.05) is 37.4 Å². The number of aromatic nitrogens is 3. The number of aryl methyl sites for hydroxylation is 2. The number of carbonyl (C=O) groups excluding carboxylic acids is 1. The predicted molar refractivity (Wildman–Crippen MR) is 101 cm³/mol. The lowest BCUT2D eigenvalue weighted by molar-refractivity contribution is 0.102. The van der Waals surface area contributed by atoms with Gasteiger partial charge in [-0.2, -0.15) is 0 Å². The van der Waals surface area contributed by atoms with Crippen molar-refractivity contribution in [2.24, 2.45) is 0 Å². The summed E-state index contributed by atoms with van der Waals surface area (Å²) in [5.74, 6) is 0.642. The third kappa shape index (κ3) is 4.52. The molecule has 8 heteroatoms. The highest BCUT2D eigenvalue weighted by Gasteiger charge is 2.09. The molecular weight excluding hydrogens is 358 g/mol. The second kappa shape index (κ2) is 7.58. The first kappa shape index (κ1) is 17.3. The van der Waals surface area contributed by atoms with Crippen molar-refractivity contribution in [3.8, 4) is 0 Å². The first-order valence-corrected chi connectivity index (χ1v) is 8.96. The quantitative estimate of drug-likeness (QED) is 0.652. The number of thiazole rings is 1. The predicted octanol–water partition coefficient (Wildman–Crippen LogP) is 4.28. The number of halogens is 1. The van der Waals surface area contributed by atoms with Gasteiger partial charge in [0.2, 0.25) is 5.95 Å². The van der Waals surface area contributed by atoms with Gasteiger partial charge in [0.15, 0.2) is 5.13 Å². The average Bonchev–Trinajstić information content (AvgIpc) is 3.02. The van der Waals surface area contributed by atoms with Gasteiger partial charge in [-0.25, -0.2) is 15.0 Å². The van der Waals surface area contributed by atoms with Crippen LogP contribution < -0.4 is 10.6 Å². The molecule has 0 unspecified atom stereocenters. The fourth-order valence-electron chi connectivity index (χ4n) is 2.21. The maximum Gasteiger partial charge on any atom is 0.257 e. The highest BCUT2D eigenvalue weighted by molar-refractivity contribution is 7.14. The number of hydrogen-bond acceptors (Lipinski definition) is 6. The van der Waals surface area contributed by atoms with Crippen LogP contribution in [0.1, 0.15) is 27.4 Å². The van der Waals surface area contributed by atoms with Gasteiger partial charge in [0.25, 0.3) is 5.91 Å². The molecule has 6 nitrogen and oxygen atoms in total. The molecule has 0 aliphatic carbocycles. The van der Waals surface area contributed by atoms with Crippen LogP contribution in [-0.2, 0) is 5.88 Å². The summed E-state index contributed by atoms with van der Waals surface area (Å²) in [6.07, 6.45) is 0. The van der Waals surface area contributed by atoms with Crippen LogP contribution in [0, 0.1) is 13.8 Å². The van der Waals surface area contributed by atoms with Crippen molar-refractivity contribution in [2.45, 2.75) is 19.7 Å². The highest BCUT2D eigenvalue weighted by atomic mass is 35.5. The average molecular weight is 374 g/mol. The summed E-state index contributed by atoms with van der Waals surface area (Å²) in [5.41, 5.74) is 3.88. The number of nitrogens with zero attached hydrogens (tertiary/aromatic N) is 3. The number of amides is 1. The number of benzene rings is 1. The van der Waals surface area contributed by atoms with E-state index in [1.165, 1.54) is 11.3 Å². The van der Waals surface area contributed by atoms with E-state index >= 15 is 0 Å². The molecule has 0 aliphatic rings. The molecule has 1 aromatic carbocycles. The smallest absolute Gasteiger partial charge is 0.257 e. The summed E-state index contributed by atoms with van der Waals surface area (Å²) < 4.78 is 0. The van der Waals surface area contributed by atoms with Crippen LogP contribution in [0.3, 0.4) is 0 Å². The Morgan fingerprint density at radius 3 is 2.40 bits per heavy atom. The van der Waals surface area contributed by atoms with Crippen LogP contribution in [0.4, 0.5) is 16.8 Å². The third-order valence-electron chi connectivity index (χ3n) is 3.29. The van der Waals surface area contributed by atoms with Crippen LogP contribution >= 0.6 is 22.9 Å². The Morgan fingerprint density at radius 2 is 1.80 bits per heavy atom. The maximum atomic E-state index is 12.2. The van der Waals surface area contributed by atoms with Crippen molar-refractivity contribution in [3.63, 3.8) is 0 Å². The zero-order valence-corrected chi connectivity index (χ0v) is 15.3. The van der Waals surface area contributed by atoms with Gasteiger partial charge < -0.3 is 5.32 Å². The lowest BCUT2D eigenvalue weighted by atomic mass is 10.2. The van der Waals surface area contributed by atoms with E-state index < -0.39 is 0 Å². The molecule has 0 saturated heterocycles. The number of hydrogen-bond donors (Lipinski definition) is 2. The van der Waals surface area contributed by atoms with Crippen LogP contribution in [-0.4, -0.2) is 20.9 Å². The Bertz CT molecular complexity index is 874. The minimum absolute atomic E-state index is 0.218. The number of nitrogens with one attached hydrogen (secondary N) is 2. The van der Waals surface area contributed by atoms with Crippen molar-refractivity contribution in [2.75, 3.05) is 10.6 Å². The summed E-state index contributed by atoms with van der Waals surface area (Å²) in [6.45, 7) is 3.84. The molecule has 128 valence electrons. The molecular formula is C17H16ClN5OS. The molecule has 0 saturated carbocycles. The summed E-state index contributed by atoms with van der Waals surface area (Å²) in [7, 11) is 0. The van der Waals surface area contributed by atoms with Crippen LogP contribution in [0.15, 0.2) is 35.7 Å². The Kier molecular flexibility index (Phi) is 5.25. The monoisotopic (exact) mass is 373 g/mol. The standard InChI is InChI=1S/C17H16ClN5OS/c1-10-7-11(2)20-16(19-10)21-13-5-3-12(4-6-13)15(24)23-17-22-14(8-18)9-25-17/h3-7,9H,8H2,1-2H3,(H,19,20,21)(H,22,23,24). The van der Waals surface area contributed by atoms with Crippen molar-refractivity contribution >= 4 is 45.6 Å². The number of anilines is 3. The Balaban J connectivity index is 1.67. The Morgan fingerprint density at radius 1 is 1.12 bits per heavy atom. The summed E-state index contributed by atoms with van der Waals surface area (Å²) in [4.78, 5) is 25.1. The lowest BCUT2D eigenvalue weighted by Crippen LogP contribution is -2.11. The normalized spacial score (nSPS) is 10.5. The highest BCUT2D eigenvalue weighted by Crippen LogP contribution is 2.19. The largest absolute Gasteiger partial charge is 0.324 e. The van der Waals surface area contributed by atoms with E-state index in [1.54, 1.807) is 12.1 Å². The minimum Gasteiger partial charge on any atom is -0.324 e. The van der Waals surface area contributed by atoms with Gasteiger partial charge in [0.1, 0.15) is 0 Å².